The van der Waals surface area contributed by atoms with E-state index in [1.165, 1.54) is 30.0 Å². The maximum atomic E-state index is 13.5. The van der Waals surface area contributed by atoms with Gasteiger partial charge in [-0.25, -0.2) is 4.39 Å². The quantitative estimate of drug-likeness (QED) is 0.887. The molecule has 2 rings (SSSR count). The highest BCUT2D eigenvalue weighted by molar-refractivity contribution is 5.81. The van der Waals surface area contributed by atoms with E-state index in [1.54, 1.807) is 6.07 Å². The number of amides is 1. The second-order valence-corrected chi connectivity index (χ2v) is 5.07. The van der Waals surface area contributed by atoms with Gasteiger partial charge in [-0.3, -0.25) is 9.59 Å². The van der Waals surface area contributed by atoms with Gasteiger partial charge < -0.3 is 19.5 Å². The number of hydrogen-bond acceptors (Lipinski definition) is 4. The van der Waals surface area contributed by atoms with Gasteiger partial charge in [-0.2, -0.15) is 0 Å². The fraction of sp³-hybridized carbons (Fsp3) is 0.467. The summed E-state index contributed by atoms with van der Waals surface area (Å²) in [6, 6.07) is 5.86. The van der Waals surface area contributed by atoms with Crippen LogP contribution in [0.4, 0.5) is 4.39 Å². The predicted molar refractivity (Wildman–Crippen MR) is 75.1 cm³/mol. The number of aliphatic carboxylic acids is 1. The number of morpholine rings is 1. The Balaban J connectivity index is 1.95. The van der Waals surface area contributed by atoms with Gasteiger partial charge in [0.05, 0.1) is 19.1 Å². The number of rotatable bonds is 5. The van der Waals surface area contributed by atoms with Crippen LogP contribution in [0.1, 0.15) is 13.3 Å². The summed E-state index contributed by atoms with van der Waals surface area (Å²) in [6.45, 7) is 2.36. The second-order valence-electron chi connectivity index (χ2n) is 5.07. The first kappa shape index (κ1) is 16.2. The van der Waals surface area contributed by atoms with Crippen molar-refractivity contribution in [3.05, 3.63) is 30.1 Å². The molecule has 1 heterocycles. The Morgan fingerprint density at radius 3 is 2.91 bits per heavy atom. The number of halogens is 1. The lowest BCUT2D eigenvalue weighted by molar-refractivity contribution is -0.151. The van der Waals surface area contributed by atoms with Crippen molar-refractivity contribution in [1.29, 1.82) is 0 Å². The van der Waals surface area contributed by atoms with Crippen LogP contribution in [0.5, 0.6) is 5.75 Å². The summed E-state index contributed by atoms with van der Waals surface area (Å²) in [5, 5.41) is 8.78. The van der Waals surface area contributed by atoms with Crippen LogP contribution in [0, 0.1) is 5.82 Å². The number of hydrogen-bond donors (Lipinski definition) is 1. The van der Waals surface area contributed by atoms with E-state index in [1.807, 2.05) is 0 Å². The van der Waals surface area contributed by atoms with Crippen LogP contribution in [0.3, 0.4) is 0 Å². The number of carbonyl (C=O) groups excluding carboxylic acids is 1. The monoisotopic (exact) mass is 311 g/mol. The molecule has 1 fully saturated rings. The maximum absolute atomic E-state index is 13.5. The largest absolute Gasteiger partial charge is 0.481 e. The van der Waals surface area contributed by atoms with Gasteiger partial charge in [-0.05, 0) is 19.1 Å². The molecular formula is C15H18FNO5. The molecule has 0 spiro atoms. The summed E-state index contributed by atoms with van der Waals surface area (Å²) in [4.78, 5) is 24.5. The molecule has 0 radical (unpaired) electrons. The normalized spacial score (nSPS) is 19.5. The lowest BCUT2D eigenvalue weighted by atomic mass is 10.2. The van der Waals surface area contributed by atoms with Crippen LogP contribution < -0.4 is 4.74 Å². The van der Waals surface area contributed by atoms with Crippen molar-refractivity contribution in [1.82, 2.24) is 4.90 Å². The third kappa shape index (κ3) is 4.17. The van der Waals surface area contributed by atoms with Crippen LogP contribution in [-0.2, 0) is 14.3 Å². The molecule has 7 heteroatoms. The molecule has 0 aliphatic carbocycles. The van der Waals surface area contributed by atoms with E-state index in [-0.39, 0.29) is 31.2 Å². The van der Waals surface area contributed by atoms with Crippen LogP contribution in [-0.4, -0.2) is 53.8 Å². The Bertz CT molecular complexity index is 550. The SMILES string of the molecule is CC(Oc1ccccc1F)C(=O)N1CCOC(CC(=O)O)C1. The lowest BCUT2D eigenvalue weighted by Crippen LogP contribution is -2.50. The Morgan fingerprint density at radius 2 is 2.23 bits per heavy atom. The fourth-order valence-electron chi connectivity index (χ4n) is 2.28. The fourth-order valence-corrected chi connectivity index (χ4v) is 2.28. The van der Waals surface area contributed by atoms with Crippen molar-refractivity contribution in [2.45, 2.75) is 25.6 Å². The predicted octanol–water partition coefficient (Wildman–Crippen LogP) is 1.30. The maximum Gasteiger partial charge on any atom is 0.306 e. The average molecular weight is 311 g/mol. The minimum atomic E-state index is -0.977. The van der Waals surface area contributed by atoms with Crippen LogP contribution in [0.15, 0.2) is 24.3 Å². The summed E-state index contributed by atoms with van der Waals surface area (Å²) in [5.74, 6) is -1.82. The van der Waals surface area contributed by atoms with E-state index in [0.717, 1.165) is 0 Å². The minimum absolute atomic E-state index is 0.0127. The molecule has 0 saturated carbocycles. The van der Waals surface area contributed by atoms with Gasteiger partial charge >= 0.3 is 5.97 Å². The van der Waals surface area contributed by atoms with Crippen molar-refractivity contribution < 1.29 is 28.6 Å². The molecule has 1 N–H and O–H groups in total. The smallest absolute Gasteiger partial charge is 0.306 e. The standard InChI is InChI=1S/C15H18FNO5/c1-10(22-13-5-3-2-4-12(13)16)15(20)17-6-7-21-11(9-17)8-14(18)19/h2-5,10-11H,6-9H2,1H3,(H,18,19). The van der Waals surface area contributed by atoms with E-state index < -0.39 is 24.0 Å². The second kappa shape index (κ2) is 7.22. The first-order valence-electron chi connectivity index (χ1n) is 7.00. The van der Waals surface area contributed by atoms with Crippen molar-refractivity contribution in [2.75, 3.05) is 19.7 Å². The third-order valence-corrected chi connectivity index (χ3v) is 3.34. The number of nitrogens with zero attached hydrogens (tertiary/aromatic N) is 1. The number of carboxylic acids is 1. The summed E-state index contributed by atoms with van der Waals surface area (Å²) in [7, 11) is 0. The zero-order chi connectivity index (χ0) is 16.1. The summed E-state index contributed by atoms with van der Waals surface area (Å²) >= 11 is 0. The Kier molecular flexibility index (Phi) is 5.32. The summed E-state index contributed by atoms with van der Waals surface area (Å²) in [6.07, 6.45) is -1.55. The van der Waals surface area contributed by atoms with Gasteiger partial charge in [0.2, 0.25) is 0 Å². The van der Waals surface area contributed by atoms with Gasteiger partial charge in [0, 0.05) is 13.1 Å². The number of carbonyl (C=O) groups is 2. The molecule has 1 amide bonds. The third-order valence-electron chi connectivity index (χ3n) is 3.34. The van der Waals surface area contributed by atoms with Crippen LogP contribution in [0.25, 0.3) is 0 Å². The number of benzene rings is 1. The molecule has 1 aliphatic rings. The van der Waals surface area contributed by atoms with E-state index in [0.29, 0.717) is 6.54 Å². The van der Waals surface area contributed by atoms with Crippen molar-refractivity contribution in [3.63, 3.8) is 0 Å². The molecule has 0 aromatic heterocycles. The van der Waals surface area contributed by atoms with E-state index in [4.69, 9.17) is 14.6 Å². The van der Waals surface area contributed by atoms with Gasteiger partial charge in [0.1, 0.15) is 0 Å². The van der Waals surface area contributed by atoms with Gasteiger partial charge in [0.25, 0.3) is 5.91 Å². The highest BCUT2D eigenvalue weighted by Gasteiger charge is 2.29. The molecule has 6 nitrogen and oxygen atoms in total. The average Bonchev–Trinajstić information content (AvgIpc) is 2.48. The van der Waals surface area contributed by atoms with E-state index in [2.05, 4.69) is 0 Å². The zero-order valence-electron chi connectivity index (χ0n) is 12.2. The van der Waals surface area contributed by atoms with Gasteiger partial charge in [-0.15, -0.1) is 0 Å². The molecule has 0 bridgehead atoms. The van der Waals surface area contributed by atoms with Crippen molar-refractivity contribution >= 4 is 11.9 Å². The van der Waals surface area contributed by atoms with E-state index >= 15 is 0 Å². The van der Waals surface area contributed by atoms with Gasteiger partial charge in [-0.1, -0.05) is 12.1 Å². The molecular weight excluding hydrogens is 293 g/mol. The first-order valence-corrected chi connectivity index (χ1v) is 7.00. The molecule has 1 aromatic carbocycles. The minimum Gasteiger partial charge on any atom is -0.481 e. The number of carboxylic acid groups (broad SMARTS) is 1. The van der Waals surface area contributed by atoms with Crippen molar-refractivity contribution in [3.8, 4) is 5.75 Å². The van der Waals surface area contributed by atoms with Gasteiger partial charge in [0.15, 0.2) is 17.7 Å². The van der Waals surface area contributed by atoms with Crippen LogP contribution in [0.2, 0.25) is 0 Å². The lowest BCUT2D eigenvalue weighted by Gasteiger charge is -2.33. The van der Waals surface area contributed by atoms with Crippen LogP contribution >= 0.6 is 0 Å². The van der Waals surface area contributed by atoms with Crippen molar-refractivity contribution in [2.24, 2.45) is 0 Å². The number of ether oxygens (including phenoxy) is 2. The zero-order valence-corrected chi connectivity index (χ0v) is 12.2. The molecule has 1 aliphatic heterocycles. The topological polar surface area (TPSA) is 76.1 Å². The Morgan fingerprint density at radius 1 is 1.50 bits per heavy atom. The molecule has 120 valence electrons. The molecule has 2 unspecified atom stereocenters. The molecule has 1 saturated heterocycles. The van der Waals surface area contributed by atoms with E-state index in [9.17, 15) is 14.0 Å². The summed E-state index contributed by atoms with van der Waals surface area (Å²) < 4.78 is 24.2. The molecule has 2 atom stereocenters. The Hall–Kier alpha value is -2.15. The highest BCUT2D eigenvalue weighted by atomic mass is 19.1. The highest BCUT2D eigenvalue weighted by Crippen LogP contribution is 2.18. The number of para-hydroxylation sites is 1. The molecule has 1 aromatic rings. The summed E-state index contributed by atoms with van der Waals surface area (Å²) in [5.41, 5.74) is 0. The first-order chi connectivity index (χ1) is 10.5. The Labute approximate surface area is 127 Å². The molecule has 22 heavy (non-hydrogen) atoms.